The Morgan fingerprint density at radius 1 is 1.03 bits per heavy atom. The van der Waals surface area contributed by atoms with Crippen molar-refractivity contribution in [3.63, 3.8) is 0 Å². The number of thiazole rings is 1. The monoisotopic (exact) mass is 575 g/mol. The van der Waals surface area contributed by atoms with E-state index in [-0.39, 0.29) is 29.8 Å². The molecule has 5 N–H and O–H groups in total. The molecular weight excluding hydrogens is 542 g/mol. The van der Waals surface area contributed by atoms with Gasteiger partial charge >= 0.3 is 12.2 Å². The SMILES string of the molecule is CC(C)OC(=O)Nc1ccc(-c2ncc(-c3ccc(NC(=O)OCCN)cc3S(=O)(=O)NC(C)(C)C)s2)cc1. The zero-order valence-corrected chi connectivity index (χ0v) is 24.0. The van der Waals surface area contributed by atoms with E-state index in [4.69, 9.17) is 15.2 Å². The maximum atomic E-state index is 13.4. The van der Waals surface area contributed by atoms with Crippen LogP contribution in [0.25, 0.3) is 21.0 Å². The smallest absolute Gasteiger partial charge is 0.411 e. The number of nitrogens with one attached hydrogen (secondary N) is 3. The molecule has 0 unspecified atom stereocenters. The first kappa shape index (κ1) is 30.0. The summed E-state index contributed by atoms with van der Waals surface area (Å²) in [6.07, 6.45) is 0.0775. The number of ether oxygens (including phenoxy) is 2. The standard InChI is InChI=1S/C26H33N5O6S2/c1-16(2)37-25(33)29-18-8-6-17(7-9-18)23-28-15-21(38-23)20-11-10-19(30-24(32)36-13-12-27)14-22(20)39(34,35)31-26(3,4)5/h6-11,14-16,31H,12-13,27H2,1-5H3,(H,29,33)(H,30,32). The van der Waals surface area contributed by atoms with Gasteiger partial charge in [0, 0.05) is 40.8 Å². The highest BCUT2D eigenvalue weighted by atomic mass is 32.2. The first-order valence-corrected chi connectivity index (χ1v) is 14.4. The number of anilines is 2. The molecule has 0 radical (unpaired) electrons. The zero-order valence-electron chi connectivity index (χ0n) is 22.4. The molecule has 39 heavy (non-hydrogen) atoms. The lowest BCUT2D eigenvalue weighted by atomic mass is 10.1. The van der Waals surface area contributed by atoms with Gasteiger partial charge in [-0.3, -0.25) is 10.6 Å². The molecule has 2 aromatic carbocycles. The number of sulfonamides is 1. The van der Waals surface area contributed by atoms with Gasteiger partial charge in [0.05, 0.1) is 15.9 Å². The third-order valence-electron chi connectivity index (χ3n) is 4.80. The molecule has 0 bridgehead atoms. The molecule has 0 aliphatic heterocycles. The zero-order chi connectivity index (χ0) is 28.8. The fourth-order valence-electron chi connectivity index (χ4n) is 3.38. The summed E-state index contributed by atoms with van der Waals surface area (Å²) in [5.41, 5.74) is 6.64. The van der Waals surface area contributed by atoms with Crippen molar-refractivity contribution in [3.05, 3.63) is 48.7 Å². The van der Waals surface area contributed by atoms with E-state index >= 15 is 0 Å². The molecule has 11 nitrogen and oxygen atoms in total. The van der Waals surface area contributed by atoms with E-state index < -0.39 is 27.7 Å². The van der Waals surface area contributed by atoms with Gasteiger partial charge in [-0.2, -0.15) is 0 Å². The maximum Gasteiger partial charge on any atom is 0.411 e. The van der Waals surface area contributed by atoms with E-state index in [0.29, 0.717) is 21.1 Å². The predicted molar refractivity (Wildman–Crippen MR) is 152 cm³/mol. The number of hydrogen-bond donors (Lipinski definition) is 4. The third-order valence-corrected chi connectivity index (χ3v) is 7.68. The van der Waals surface area contributed by atoms with Crippen molar-refractivity contribution in [3.8, 4) is 21.0 Å². The molecule has 2 amide bonds. The maximum absolute atomic E-state index is 13.4. The highest BCUT2D eigenvalue weighted by molar-refractivity contribution is 7.89. The fraction of sp³-hybridized carbons (Fsp3) is 0.346. The van der Waals surface area contributed by atoms with Crippen LogP contribution in [0.5, 0.6) is 0 Å². The van der Waals surface area contributed by atoms with Crippen LogP contribution in [0, 0.1) is 0 Å². The summed E-state index contributed by atoms with van der Waals surface area (Å²) in [6, 6.07) is 11.6. The second-order valence-corrected chi connectivity index (χ2v) is 12.5. The van der Waals surface area contributed by atoms with Crippen molar-refractivity contribution in [2.75, 3.05) is 23.8 Å². The summed E-state index contributed by atoms with van der Waals surface area (Å²) >= 11 is 1.31. The van der Waals surface area contributed by atoms with E-state index in [1.165, 1.54) is 17.4 Å². The van der Waals surface area contributed by atoms with Gasteiger partial charge in [-0.25, -0.2) is 27.7 Å². The summed E-state index contributed by atoms with van der Waals surface area (Å²) in [5.74, 6) is 0. The van der Waals surface area contributed by atoms with Crippen LogP contribution in [-0.4, -0.2) is 50.4 Å². The molecule has 0 spiro atoms. The van der Waals surface area contributed by atoms with E-state index in [1.807, 2.05) is 0 Å². The minimum Gasteiger partial charge on any atom is -0.448 e. The van der Waals surface area contributed by atoms with Crippen molar-refractivity contribution in [1.29, 1.82) is 0 Å². The number of amides is 2. The summed E-state index contributed by atoms with van der Waals surface area (Å²) in [4.78, 5) is 28.9. The van der Waals surface area contributed by atoms with E-state index in [0.717, 1.165) is 5.56 Å². The Morgan fingerprint density at radius 3 is 2.28 bits per heavy atom. The summed E-state index contributed by atoms with van der Waals surface area (Å²) in [7, 11) is -3.99. The van der Waals surface area contributed by atoms with Gasteiger partial charge in [0.1, 0.15) is 11.6 Å². The van der Waals surface area contributed by atoms with Gasteiger partial charge in [-0.05, 0) is 71.0 Å². The van der Waals surface area contributed by atoms with E-state index in [9.17, 15) is 18.0 Å². The van der Waals surface area contributed by atoms with Crippen LogP contribution >= 0.6 is 11.3 Å². The predicted octanol–water partition coefficient (Wildman–Crippen LogP) is 5.02. The number of nitrogens with zero attached hydrogens (tertiary/aromatic N) is 1. The molecule has 3 aromatic rings. The summed E-state index contributed by atoms with van der Waals surface area (Å²) in [5, 5.41) is 5.84. The van der Waals surface area contributed by atoms with Crippen LogP contribution in [0.15, 0.2) is 53.6 Å². The Hall–Kier alpha value is -3.52. The van der Waals surface area contributed by atoms with Crippen molar-refractivity contribution in [2.24, 2.45) is 5.73 Å². The molecule has 0 atom stereocenters. The number of hydrogen-bond acceptors (Lipinski definition) is 9. The summed E-state index contributed by atoms with van der Waals surface area (Å²) < 4.78 is 39.5. The first-order valence-electron chi connectivity index (χ1n) is 12.1. The number of carbonyl (C=O) groups excluding carboxylic acids is 2. The van der Waals surface area contributed by atoms with Crippen LogP contribution < -0.4 is 21.1 Å². The minimum absolute atomic E-state index is 0.0209. The summed E-state index contributed by atoms with van der Waals surface area (Å²) in [6.45, 7) is 8.94. The lowest BCUT2D eigenvalue weighted by Gasteiger charge is -2.22. The van der Waals surface area contributed by atoms with Crippen molar-refractivity contribution >= 4 is 44.9 Å². The van der Waals surface area contributed by atoms with E-state index in [1.54, 1.807) is 77.2 Å². The van der Waals surface area contributed by atoms with Crippen LogP contribution in [0.4, 0.5) is 21.0 Å². The van der Waals surface area contributed by atoms with Crippen molar-refractivity contribution in [2.45, 2.75) is 51.2 Å². The minimum atomic E-state index is -3.99. The lowest BCUT2D eigenvalue weighted by Crippen LogP contribution is -2.40. The second-order valence-electron chi connectivity index (χ2n) is 9.80. The molecule has 210 valence electrons. The Balaban J connectivity index is 1.92. The van der Waals surface area contributed by atoms with Gasteiger partial charge in [-0.15, -0.1) is 11.3 Å². The molecular formula is C26H33N5O6S2. The normalized spacial score (nSPS) is 11.8. The van der Waals surface area contributed by atoms with Gasteiger partial charge in [0.2, 0.25) is 10.0 Å². The van der Waals surface area contributed by atoms with Gasteiger partial charge in [-0.1, -0.05) is 6.07 Å². The number of nitrogens with two attached hydrogens (primary N) is 1. The number of carbonyl (C=O) groups is 2. The third kappa shape index (κ3) is 8.75. The molecule has 0 saturated carbocycles. The molecule has 0 saturated heterocycles. The van der Waals surface area contributed by atoms with Crippen molar-refractivity contribution < 1.29 is 27.5 Å². The highest BCUT2D eigenvalue weighted by Crippen LogP contribution is 2.37. The second kappa shape index (κ2) is 12.6. The van der Waals surface area contributed by atoms with Gasteiger partial charge < -0.3 is 15.2 Å². The lowest BCUT2D eigenvalue weighted by molar-refractivity contribution is 0.130. The van der Waals surface area contributed by atoms with E-state index in [2.05, 4.69) is 20.3 Å². The highest BCUT2D eigenvalue weighted by Gasteiger charge is 2.26. The average molecular weight is 576 g/mol. The molecule has 1 heterocycles. The van der Waals surface area contributed by atoms with Gasteiger partial charge in [0.15, 0.2) is 0 Å². The number of aromatic nitrogens is 1. The molecule has 3 rings (SSSR count). The van der Waals surface area contributed by atoms with Crippen LogP contribution in [-0.2, 0) is 19.5 Å². The Bertz CT molecular complexity index is 1410. The quantitative estimate of drug-likeness (QED) is 0.277. The molecule has 0 aliphatic rings. The average Bonchev–Trinajstić information content (AvgIpc) is 3.31. The largest absolute Gasteiger partial charge is 0.448 e. The Kier molecular flexibility index (Phi) is 9.67. The molecule has 13 heteroatoms. The topological polar surface area (TPSA) is 162 Å². The van der Waals surface area contributed by atoms with Crippen LogP contribution in [0.1, 0.15) is 34.6 Å². The molecule has 0 fully saturated rings. The fourth-order valence-corrected chi connectivity index (χ4v) is 6.07. The number of benzene rings is 2. The molecule has 1 aromatic heterocycles. The first-order chi connectivity index (χ1) is 18.3. The molecule has 0 aliphatic carbocycles. The van der Waals surface area contributed by atoms with Crippen LogP contribution in [0.3, 0.4) is 0 Å². The Labute approximate surface area is 232 Å². The number of rotatable bonds is 9. The van der Waals surface area contributed by atoms with Crippen LogP contribution in [0.2, 0.25) is 0 Å². The Morgan fingerprint density at radius 2 is 1.67 bits per heavy atom. The van der Waals surface area contributed by atoms with Crippen molar-refractivity contribution in [1.82, 2.24) is 9.71 Å². The van der Waals surface area contributed by atoms with Gasteiger partial charge in [0.25, 0.3) is 0 Å².